The molecule has 0 atom stereocenters. The third kappa shape index (κ3) is 5.24. The molecule has 0 unspecified atom stereocenters. The van der Waals surface area contributed by atoms with E-state index in [1.807, 2.05) is 36.9 Å². The van der Waals surface area contributed by atoms with Crippen molar-refractivity contribution in [3.05, 3.63) is 75.5 Å². The molecule has 8 heteroatoms. The molecule has 3 aromatic rings. The maximum atomic E-state index is 12.9. The smallest absolute Gasteiger partial charge is 0.289 e. The number of nitrogens with one attached hydrogen (secondary N) is 1. The second kappa shape index (κ2) is 10.00. The number of halogens is 2. The molecule has 1 fully saturated rings. The first-order valence-electron chi connectivity index (χ1n) is 10.8. The molecule has 0 saturated carbocycles. The van der Waals surface area contributed by atoms with Crippen LogP contribution in [0.4, 0.5) is 5.69 Å². The highest BCUT2D eigenvalue weighted by Gasteiger charge is 2.26. The SMILES string of the molecule is Cc1cccc(C)c1NC(=O)CN1CCN(C(=O)c2ccc(-c3cccc(Cl)c3Cl)o2)CC1. The van der Waals surface area contributed by atoms with Crippen LogP contribution in [-0.2, 0) is 4.79 Å². The number of rotatable bonds is 5. The van der Waals surface area contributed by atoms with Gasteiger partial charge in [0.05, 0.1) is 16.6 Å². The standard InChI is InChI=1S/C25H25Cl2N3O3/c1-16-5-3-6-17(2)24(16)28-22(31)15-29-11-13-30(14-12-29)25(32)21-10-9-20(33-21)18-7-4-8-19(26)23(18)27/h3-10H,11-15H2,1-2H3,(H,28,31). The number of para-hydroxylation sites is 1. The van der Waals surface area contributed by atoms with Crippen molar-refractivity contribution in [2.75, 3.05) is 38.0 Å². The van der Waals surface area contributed by atoms with Crippen LogP contribution in [0.15, 0.2) is 52.9 Å². The highest BCUT2D eigenvalue weighted by Crippen LogP contribution is 2.34. The van der Waals surface area contributed by atoms with E-state index in [9.17, 15) is 9.59 Å². The first kappa shape index (κ1) is 23.4. The first-order valence-corrected chi connectivity index (χ1v) is 11.5. The van der Waals surface area contributed by atoms with Gasteiger partial charge in [-0.05, 0) is 49.2 Å². The summed E-state index contributed by atoms with van der Waals surface area (Å²) in [7, 11) is 0. The Bertz CT molecular complexity index is 1160. The predicted octanol–water partition coefficient (Wildman–Crippen LogP) is 5.27. The van der Waals surface area contributed by atoms with Crippen LogP contribution in [0, 0.1) is 13.8 Å². The molecule has 2 amide bonds. The lowest BCUT2D eigenvalue weighted by Gasteiger charge is -2.33. The third-order valence-electron chi connectivity index (χ3n) is 5.81. The van der Waals surface area contributed by atoms with E-state index in [-0.39, 0.29) is 24.1 Å². The molecule has 0 spiro atoms. The van der Waals surface area contributed by atoms with Crippen molar-refractivity contribution in [3.63, 3.8) is 0 Å². The van der Waals surface area contributed by atoms with Crippen molar-refractivity contribution >= 4 is 40.7 Å². The van der Waals surface area contributed by atoms with Gasteiger partial charge in [0, 0.05) is 37.4 Å². The van der Waals surface area contributed by atoms with Gasteiger partial charge in [0.2, 0.25) is 5.91 Å². The fourth-order valence-electron chi connectivity index (χ4n) is 3.95. The molecule has 1 aromatic heterocycles. The molecule has 33 heavy (non-hydrogen) atoms. The molecular formula is C25H25Cl2N3O3. The molecule has 172 valence electrons. The highest BCUT2D eigenvalue weighted by molar-refractivity contribution is 6.43. The van der Waals surface area contributed by atoms with Crippen molar-refractivity contribution in [2.45, 2.75) is 13.8 Å². The van der Waals surface area contributed by atoms with Gasteiger partial charge < -0.3 is 14.6 Å². The maximum absolute atomic E-state index is 12.9. The first-order chi connectivity index (χ1) is 15.8. The number of benzene rings is 2. The molecule has 1 aliphatic rings. The van der Waals surface area contributed by atoms with Gasteiger partial charge in [-0.2, -0.15) is 0 Å². The molecule has 0 bridgehead atoms. The summed E-state index contributed by atoms with van der Waals surface area (Å²) in [6, 6.07) is 14.6. The lowest BCUT2D eigenvalue weighted by Crippen LogP contribution is -2.50. The summed E-state index contributed by atoms with van der Waals surface area (Å²) in [6.45, 7) is 6.50. The summed E-state index contributed by atoms with van der Waals surface area (Å²) in [5.41, 5.74) is 3.58. The molecule has 4 rings (SSSR count). The average Bonchev–Trinajstić information content (AvgIpc) is 3.28. The van der Waals surface area contributed by atoms with Crippen molar-refractivity contribution in [1.29, 1.82) is 0 Å². The van der Waals surface area contributed by atoms with Gasteiger partial charge in [-0.15, -0.1) is 0 Å². The molecule has 0 radical (unpaired) electrons. The largest absolute Gasteiger partial charge is 0.451 e. The summed E-state index contributed by atoms with van der Waals surface area (Å²) >= 11 is 12.3. The molecular weight excluding hydrogens is 461 g/mol. The van der Waals surface area contributed by atoms with Gasteiger partial charge in [-0.3, -0.25) is 14.5 Å². The number of carbonyl (C=O) groups is 2. The van der Waals surface area contributed by atoms with E-state index in [0.717, 1.165) is 16.8 Å². The molecule has 2 aromatic carbocycles. The third-order valence-corrected chi connectivity index (χ3v) is 6.63. The quantitative estimate of drug-likeness (QED) is 0.534. The van der Waals surface area contributed by atoms with Crippen molar-refractivity contribution < 1.29 is 14.0 Å². The second-order valence-corrected chi connectivity index (χ2v) is 8.93. The minimum absolute atomic E-state index is 0.0544. The predicted molar refractivity (Wildman–Crippen MR) is 131 cm³/mol. The minimum atomic E-state index is -0.181. The second-order valence-electron chi connectivity index (χ2n) is 8.15. The minimum Gasteiger partial charge on any atom is -0.451 e. The number of amides is 2. The number of hydrogen-bond donors (Lipinski definition) is 1. The van der Waals surface area contributed by atoms with E-state index in [4.69, 9.17) is 27.6 Å². The number of piperazine rings is 1. The number of anilines is 1. The van der Waals surface area contributed by atoms with Crippen molar-refractivity contribution in [2.24, 2.45) is 0 Å². The Morgan fingerprint density at radius 2 is 1.61 bits per heavy atom. The maximum Gasteiger partial charge on any atom is 0.289 e. The van der Waals surface area contributed by atoms with Crippen LogP contribution in [0.3, 0.4) is 0 Å². The molecule has 1 aliphatic heterocycles. The van der Waals surface area contributed by atoms with Crippen LogP contribution in [0.5, 0.6) is 0 Å². The molecule has 1 saturated heterocycles. The van der Waals surface area contributed by atoms with Gasteiger partial charge >= 0.3 is 0 Å². The van der Waals surface area contributed by atoms with E-state index in [0.29, 0.717) is 47.5 Å². The zero-order valence-corrected chi connectivity index (χ0v) is 20.0. The zero-order valence-electron chi connectivity index (χ0n) is 18.5. The summed E-state index contributed by atoms with van der Waals surface area (Å²) in [6.07, 6.45) is 0. The molecule has 0 aliphatic carbocycles. The Hall–Kier alpha value is -2.80. The van der Waals surface area contributed by atoms with E-state index in [1.54, 1.807) is 35.2 Å². The summed E-state index contributed by atoms with van der Waals surface area (Å²) in [4.78, 5) is 29.2. The van der Waals surface area contributed by atoms with Crippen LogP contribution in [0.2, 0.25) is 10.0 Å². The van der Waals surface area contributed by atoms with E-state index < -0.39 is 0 Å². The number of carbonyl (C=O) groups excluding carboxylic acids is 2. The van der Waals surface area contributed by atoms with Crippen molar-refractivity contribution in [1.82, 2.24) is 9.80 Å². The van der Waals surface area contributed by atoms with E-state index in [2.05, 4.69) is 5.32 Å². The number of aryl methyl sites for hydroxylation is 2. The fourth-order valence-corrected chi connectivity index (χ4v) is 4.34. The van der Waals surface area contributed by atoms with Crippen LogP contribution < -0.4 is 5.32 Å². The Labute approximate surface area is 203 Å². The topological polar surface area (TPSA) is 65.8 Å². The number of nitrogens with zero attached hydrogens (tertiary/aromatic N) is 2. The fraction of sp³-hybridized carbons (Fsp3) is 0.280. The monoisotopic (exact) mass is 485 g/mol. The van der Waals surface area contributed by atoms with E-state index in [1.165, 1.54) is 0 Å². The Morgan fingerprint density at radius 3 is 2.30 bits per heavy atom. The average molecular weight is 486 g/mol. The van der Waals surface area contributed by atoms with Gasteiger partial charge in [0.1, 0.15) is 5.76 Å². The van der Waals surface area contributed by atoms with Crippen LogP contribution >= 0.6 is 23.2 Å². The number of hydrogen-bond acceptors (Lipinski definition) is 4. The highest BCUT2D eigenvalue weighted by atomic mass is 35.5. The molecule has 6 nitrogen and oxygen atoms in total. The lowest BCUT2D eigenvalue weighted by atomic mass is 10.1. The van der Waals surface area contributed by atoms with Crippen molar-refractivity contribution in [3.8, 4) is 11.3 Å². The number of furan rings is 1. The van der Waals surface area contributed by atoms with Crippen LogP contribution in [-0.4, -0.2) is 54.3 Å². The van der Waals surface area contributed by atoms with Gasteiger partial charge in [-0.1, -0.05) is 47.5 Å². The Kier molecular flexibility index (Phi) is 7.08. The zero-order chi connectivity index (χ0) is 23.5. The lowest BCUT2D eigenvalue weighted by molar-refractivity contribution is -0.117. The van der Waals surface area contributed by atoms with Gasteiger partial charge in [-0.25, -0.2) is 0 Å². The van der Waals surface area contributed by atoms with Gasteiger partial charge in [0.25, 0.3) is 5.91 Å². The molecule has 2 heterocycles. The molecule has 1 N–H and O–H groups in total. The van der Waals surface area contributed by atoms with Crippen LogP contribution in [0.1, 0.15) is 21.7 Å². The van der Waals surface area contributed by atoms with Crippen LogP contribution in [0.25, 0.3) is 11.3 Å². The van der Waals surface area contributed by atoms with E-state index >= 15 is 0 Å². The Morgan fingerprint density at radius 1 is 0.939 bits per heavy atom. The Balaban J connectivity index is 1.33. The summed E-state index contributed by atoms with van der Waals surface area (Å²) < 4.78 is 5.79. The van der Waals surface area contributed by atoms with Gasteiger partial charge in [0.15, 0.2) is 5.76 Å². The summed E-state index contributed by atoms with van der Waals surface area (Å²) in [5, 5.41) is 3.83. The summed E-state index contributed by atoms with van der Waals surface area (Å²) in [5.74, 6) is 0.509. The normalized spacial score (nSPS) is 14.4.